The Morgan fingerprint density at radius 1 is 1.16 bits per heavy atom. The molecule has 25 heavy (non-hydrogen) atoms. The highest BCUT2D eigenvalue weighted by atomic mass is 35.5. The first-order chi connectivity index (χ1) is 11.7. The van der Waals surface area contributed by atoms with Crippen LogP contribution in [-0.4, -0.2) is 39.8 Å². The van der Waals surface area contributed by atoms with E-state index < -0.39 is 15.9 Å². The maximum absolute atomic E-state index is 12.5. The Morgan fingerprint density at radius 2 is 1.84 bits per heavy atom. The summed E-state index contributed by atoms with van der Waals surface area (Å²) in [5.41, 5.74) is 1.59. The molecule has 0 fully saturated rings. The normalized spacial score (nSPS) is 11.4. The number of sulfonamides is 1. The fourth-order valence-electron chi connectivity index (χ4n) is 2.13. The van der Waals surface area contributed by atoms with Crippen LogP contribution >= 0.6 is 11.6 Å². The second kappa shape index (κ2) is 7.43. The Kier molecular flexibility index (Phi) is 5.72. The minimum atomic E-state index is -3.76. The van der Waals surface area contributed by atoms with Gasteiger partial charge < -0.3 is 10.1 Å². The highest BCUT2D eigenvalue weighted by molar-refractivity contribution is 7.89. The number of hydrogen-bond acceptors (Lipinski definition) is 4. The van der Waals surface area contributed by atoms with Gasteiger partial charge in [0, 0.05) is 19.7 Å². The van der Waals surface area contributed by atoms with E-state index in [4.69, 9.17) is 16.3 Å². The lowest BCUT2D eigenvalue weighted by atomic mass is 10.2. The summed E-state index contributed by atoms with van der Waals surface area (Å²) in [5, 5.41) is 3.08. The van der Waals surface area contributed by atoms with Crippen LogP contribution in [0.5, 0.6) is 5.75 Å². The molecule has 0 aliphatic carbocycles. The number of carbonyl (C=O) groups is 1. The zero-order valence-corrected chi connectivity index (χ0v) is 15.9. The smallest absolute Gasteiger partial charge is 0.255 e. The van der Waals surface area contributed by atoms with Crippen LogP contribution in [0.2, 0.25) is 5.02 Å². The molecule has 0 heterocycles. The second-order valence-corrected chi connectivity index (χ2v) is 8.12. The molecule has 0 spiro atoms. The Morgan fingerprint density at radius 3 is 2.40 bits per heavy atom. The molecule has 0 saturated carbocycles. The van der Waals surface area contributed by atoms with Crippen LogP contribution in [0.1, 0.15) is 15.9 Å². The number of nitrogens with one attached hydrogen (secondary N) is 1. The van der Waals surface area contributed by atoms with E-state index in [0.29, 0.717) is 10.7 Å². The van der Waals surface area contributed by atoms with Gasteiger partial charge in [-0.1, -0.05) is 17.7 Å². The first kappa shape index (κ1) is 19.2. The summed E-state index contributed by atoms with van der Waals surface area (Å²) in [5.74, 6) is -0.303. The summed E-state index contributed by atoms with van der Waals surface area (Å²) in [6, 6.07) is 9.46. The summed E-state index contributed by atoms with van der Waals surface area (Å²) in [6.07, 6.45) is 0. The Bertz CT molecular complexity index is 911. The van der Waals surface area contributed by atoms with Crippen LogP contribution in [0.4, 0.5) is 5.69 Å². The maximum atomic E-state index is 12.5. The van der Waals surface area contributed by atoms with E-state index in [9.17, 15) is 13.2 Å². The lowest BCUT2D eigenvalue weighted by molar-refractivity contribution is 0.102. The lowest BCUT2D eigenvalue weighted by Gasteiger charge is -2.15. The van der Waals surface area contributed by atoms with E-state index in [-0.39, 0.29) is 16.2 Å². The average molecular weight is 383 g/mol. The van der Waals surface area contributed by atoms with Gasteiger partial charge in [-0.15, -0.1) is 0 Å². The number of aryl methyl sites for hydroxylation is 1. The molecule has 0 saturated heterocycles. The number of carbonyl (C=O) groups excluding carboxylic acids is 1. The first-order valence-corrected chi connectivity index (χ1v) is 9.16. The van der Waals surface area contributed by atoms with Crippen molar-refractivity contribution in [1.29, 1.82) is 0 Å². The van der Waals surface area contributed by atoms with Crippen molar-refractivity contribution in [2.45, 2.75) is 11.8 Å². The molecule has 8 heteroatoms. The van der Waals surface area contributed by atoms with Gasteiger partial charge in [0.15, 0.2) is 0 Å². The minimum Gasteiger partial charge on any atom is -0.495 e. The number of anilines is 1. The zero-order valence-electron chi connectivity index (χ0n) is 14.3. The van der Waals surface area contributed by atoms with Gasteiger partial charge >= 0.3 is 0 Å². The van der Waals surface area contributed by atoms with E-state index >= 15 is 0 Å². The number of methoxy groups -OCH3 is 1. The van der Waals surface area contributed by atoms with Crippen molar-refractivity contribution in [2.24, 2.45) is 0 Å². The molecular weight excluding hydrogens is 364 g/mol. The summed E-state index contributed by atoms with van der Waals surface area (Å²) in [4.78, 5) is 12.4. The first-order valence-electron chi connectivity index (χ1n) is 7.35. The summed E-state index contributed by atoms with van der Waals surface area (Å²) < 4.78 is 31.0. The molecule has 0 bridgehead atoms. The molecule has 0 radical (unpaired) electrons. The molecule has 2 aromatic carbocycles. The average Bonchev–Trinajstić information content (AvgIpc) is 2.56. The van der Waals surface area contributed by atoms with Crippen LogP contribution in [0, 0.1) is 6.92 Å². The van der Waals surface area contributed by atoms with Gasteiger partial charge in [-0.3, -0.25) is 4.79 Å². The van der Waals surface area contributed by atoms with Crippen LogP contribution in [0.3, 0.4) is 0 Å². The minimum absolute atomic E-state index is 0.0809. The van der Waals surface area contributed by atoms with E-state index in [0.717, 1.165) is 9.87 Å². The number of nitrogens with zero attached hydrogens (tertiary/aromatic N) is 1. The zero-order chi connectivity index (χ0) is 18.8. The van der Waals surface area contributed by atoms with Gasteiger partial charge in [0.2, 0.25) is 10.0 Å². The second-order valence-electron chi connectivity index (χ2n) is 5.59. The van der Waals surface area contributed by atoms with Crippen molar-refractivity contribution in [3.63, 3.8) is 0 Å². The fraction of sp³-hybridized carbons (Fsp3) is 0.235. The molecule has 0 aromatic heterocycles. The molecular formula is C17H19ClN2O4S. The fourth-order valence-corrected chi connectivity index (χ4v) is 3.49. The third-order valence-electron chi connectivity index (χ3n) is 3.56. The van der Waals surface area contributed by atoms with Gasteiger partial charge in [0.25, 0.3) is 5.91 Å². The van der Waals surface area contributed by atoms with Crippen molar-refractivity contribution in [3.05, 3.63) is 52.5 Å². The van der Waals surface area contributed by atoms with E-state index in [1.54, 1.807) is 12.1 Å². The summed E-state index contributed by atoms with van der Waals surface area (Å²) in [7, 11) is 0.431. The molecule has 2 aromatic rings. The van der Waals surface area contributed by atoms with Crippen molar-refractivity contribution in [1.82, 2.24) is 4.31 Å². The number of halogens is 1. The molecule has 0 unspecified atom stereocenters. The molecule has 2 rings (SSSR count). The van der Waals surface area contributed by atoms with Crippen molar-refractivity contribution >= 4 is 33.2 Å². The topological polar surface area (TPSA) is 75.7 Å². The van der Waals surface area contributed by atoms with E-state index in [1.807, 2.05) is 13.0 Å². The van der Waals surface area contributed by atoms with Crippen LogP contribution in [-0.2, 0) is 10.0 Å². The lowest BCUT2D eigenvalue weighted by Crippen LogP contribution is -2.23. The van der Waals surface area contributed by atoms with Crippen molar-refractivity contribution < 1.29 is 17.9 Å². The van der Waals surface area contributed by atoms with Crippen molar-refractivity contribution in [3.8, 4) is 5.75 Å². The molecule has 134 valence electrons. The predicted octanol–water partition coefficient (Wildman–Crippen LogP) is 3.16. The standard InChI is InChI=1S/C17H19ClN2O4S/c1-11-5-7-14(13(18)9-11)19-17(21)12-6-8-15(24-4)16(10-12)25(22,23)20(2)3/h5-10H,1-4H3,(H,19,21). The largest absolute Gasteiger partial charge is 0.495 e. The molecule has 1 amide bonds. The molecule has 1 N–H and O–H groups in total. The van der Waals surface area contributed by atoms with E-state index in [1.165, 1.54) is 39.4 Å². The maximum Gasteiger partial charge on any atom is 0.255 e. The number of hydrogen-bond donors (Lipinski definition) is 1. The van der Waals surface area contributed by atoms with Gasteiger partial charge in [-0.05, 0) is 42.8 Å². The third kappa shape index (κ3) is 4.12. The van der Waals surface area contributed by atoms with Crippen LogP contribution in [0.25, 0.3) is 0 Å². The molecule has 0 aliphatic rings. The van der Waals surface area contributed by atoms with Crippen LogP contribution < -0.4 is 10.1 Å². The number of amides is 1. The SMILES string of the molecule is COc1ccc(C(=O)Nc2ccc(C)cc2Cl)cc1S(=O)(=O)N(C)C. The van der Waals surface area contributed by atoms with Gasteiger partial charge in [0.05, 0.1) is 17.8 Å². The number of benzene rings is 2. The summed E-state index contributed by atoms with van der Waals surface area (Å²) in [6.45, 7) is 1.89. The van der Waals surface area contributed by atoms with Crippen molar-refractivity contribution in [2.75, 3.05) is 26.5 Å². The highest BCUT2D eigenvalue weighted by Gasteiger charge is 2.24. The highest BCUT2D eigenvalue weighted by Crippen LogP contribution is 2.28. The summed E-state index contributed by atoms with van der Waals surface area (Å²) >= 11 is 6.12. The predicted molar refractivity (Wildman–Crippen MR) is 98.0 cm³/mol. The number of rotatable bonds is 5. The molecule has 0 aliphatic heterocycles. The third-order valence-corrected chi connectivity index (χ3v) is 5.71. The Balaban J connectivity index is 2.41. The number of ether oxygens (including phenoxy) is 1. The van der Waals surface area contributed by atoms with Gasteiger partial charge in [-0.25, -0.2) is 12.7 Å². The van der Waals surface area contributed by atoms with Gasteiger partial charge in [-0.2, -0.15) is 0 Å². The molecule has 6 nitrogen and oxygen atoms in total. The van der Waals surface area contributed by atoms with Crippen LogP contribution in [0.15, 0.2) is 41.3 Å². The Labute approximate surface area is 152 Å². The molecule has 0 atom stereocenters. The van der Waals surface area contributed by atoms with Gasteiger partial charge in [0.1, 0.15) is 10.6 Å². The van der Waals surface area contributed by atoms with E-state index in [2.05, 4.69) is 5.32 Å². The Hall–Kier alpha value is -2.09. The quantitative estimate of drug-likeness (QED) is 0.861. The monoisotopic (exact) mass is 382 g/mol.